The van der Waals surface area contributed by atoms with E-state index in [1.54, 1.807) is 12.3 Å². The molecule has 0 saturated heterocycles. The highest BCUT2D eigenvalue weighted by atomic mass is 35.5. The van der Waals surface area contributed by atoms with Crippen LogP contribution in [0.15, 0.2) is 36.7 Å². The van der Waals surface area contributed by atoms with Gasteiger partial charge in [0.1, 0.15) is 6.54 Å². The lowest BCUT2D eigenvalue weighted by atomic mass is 10.2. The Labute approximate surface area is 110 Å². The first-order chi connectivity index (χ1) is 8.63. The number of rotatable bonds is 4. The van der Waals surface area contributed by atoms with E-state index in [4.69, 9.17) is 17.3 Å². The quantitative estimate of drug-likeness (QED) is 0.878. The minimum absolute atomic E-state index is 0.127. The standard InChI is InChI=1S/C12H13ClN4O/c13-10-3-1-2-9(4-10)5-15-12(18)8-17-7-11(14)6-16-17/h1-4,6-7H,5,8,14H2,(H,15,18). The number of aromatic nitrogens is 2. The van der Waals surface area contributed by atoms with Gasteiger partial charge in [-0.3, -0.25) is 9.48 Å². The lowest BCUT2D eigenvalue weighted by molar-refractivity contribution is -0.122. The van der Waals surface area contributed by atoms with Crippen LogP contribution < -0.4 is 11.1 Å². The molecule has 1 aromatic heterocycles. The normalized spacial score (nSPS) is 10.3. The van der Waals surface area contributed by atoms with Gasteiger partial charge in [0.2, 0.25) is 5.91 Å². The highest BCUT2D eigenvalue weighted by molar-refractivity contribution is 6.30. The predicted octanol–water partition coefficient (Wildman–Crippen LogP) is 1.44. The van der Waals surface area contributed by atoms with Crippen molar-refractivity contribution in [2.45, 2.75) is 13.1 Å². The van der Waals surface area contributed by atoms with Crippen LogP contribution in [0.3, 0.4) is 0 Å². The molecule has 0 aliphatic carbocycles. The second kappa shape index (κ2) is 5.55. The number of nitrogens with zero attached hydrogens (tertiary/aromatic N) is 2. The van der Waals surface area contributed by atoms with Crippen LogP contribution >= 0.6 is 11.6 Å². The Hall–Kier alpha value is -2.01. The third kappa shape index (κ3) is 3.49. The summed E-state index contributed by atoms with van der Waals surface area (Å²) in [5, 5.41) is 7.37. The van der Waals surface area contributed by atoms with Crippen molar-refractivity contribution in [3.8, 4) is 0 Å². The average molecular weight is 265 g/mol. The molecule has 0 aliphatic heterocycles. The Kier molecular flexibility index (Phi) is 3.84. The summed E-state index contributed by atoms with van der Waals surface area (Å²) >= 11 is 5.85. The Morgan fingerprint density at radius 3 is 3.00 bits per heavy atom. The molecular formula is C12H13ClN4O. The molecule has 0 saturated carbocycles. The topological polar surface area (TPSA) is 72.9 Å². The number of nitrogens with one attached hydrogen (secondary N) is 1. The molecule has 5 nitrogen and oxygen atoms in total. The fraction of sp³-hybridized carbons (Fsp3) is 0.167. The van der Waals surface area contributed by atoms with E-state index in [1.165, 1.54) is 10.9 Å². The molecule has 2 rings (SSSR count). The smallest absolute Gasteiger partial charge is 0.241 e. The zero-order valence-corrected chi connectivity index (χ0v) is 10.4. The van der Waals surface area contributed by atoms with Crippen LogP contribution in [-0.2, 0) is 17.9 Å². The van der Waals surface area contributed by atoms with E-state index in [1.807, 2.05) is 18.2 Å². The summed E-state index contributed by atoms with van der Waals surface area (Å²) in [5.74, 6) is -0.127. The van der Waals surface area contributed by atoms with E-state index in [-0.39, 0.29) is 12.5 Å². The van der Waals surface area contributed by atoms with Crippen molar-refractivity contribution in [3.05, 3.63) is 47.2 Å². The van der Waals surface area contributed by atoms with Crippen LogP contribution in [0.5, 0.6) is 0 Å². The third-order valence-corrected chi connectivity index (χ3v) is 2.57. The number of nitrogen functional groups attached to an aromatic ring is 1. The van der Waals surface area contributed by atoms with Gasteiger partial charge in [-0.15, -0.1) is 0 Å². The summed E-state index contributed by atoms with van der Waals surface area (Å²) in [6.07, 6.45) is 3.11. The maximum absolute atomic E-state index is 11.6. The molecule has 0 bridgehead atoms. The van der Waals surface area contributed by atoms with Gasteiger partial charge < -0.3 is 11.1 Å². The van der Waals surface area contributed by atoms with Gasteiger partial charge in [-0.25, -0.2) is 0 Å². The van der Waals surface area contributed by atoms with Crippen LogP contribution in [0.1, 0.15) is 5.56 Å². The minimum atomic E-state index is -0.127. The lowest BCUT2D eigenvalue weighted by Gasteiger charge is -2.05. The fourth-order valence-electron chi connectivity index (χ4n) is 1.52. The SMILES string of the molecule is Nc1cnn(CC(=O)NCc2cccc(Cl)c2)c1. The average Bonchev–Trinajstić information content (AvgIpc) is 2.72. The van der Waals surface area contributed by atoms with Gasteiger partial charge in [-0.1, -0.05) is 23.7 Å². The Balaban J connectivity index is 1.85. The molecule has 94 valence electrons. The van der Waals surface area contributed by atoms with Gasteiger partial charge in [0.25, 0.3) is 0 Å². The van der Waals surface area contributed by atoms with Crippen LogP contribution in [0, 0.1) is 0 Å². The summed E-state index contributed by atoms with van der Waals surface area (Å²) in [4.78, 5) is 11.6. The largest absolute Gasteiger partial charge is 0.396 e. The van der Waals surface area contributed by atoms with Crippen molar-refractivity contribution < 1.29 is 4.79 Å². The minimum Gasteiger partial charge on any atom is -0.396 e. The molecule has 1 heterocycles. The molecule has 0 atom stereocenters. The first-order valence-electron chi connectivity index (χ1n) is 5.42. The number of amides is 1. The number of carbonyl (C=O) groups excluding carboxylic acids is 1. The maximum atomic E-state index is 11.6. The van der Waals surface area contributed by atoms with Gasteiger partial charge in [0.15, 0.2) is 0 Å². The fourth-order valence-corrected chi connectivity index (χ4v) is 1.73. The predicted molar refractivity (Wildman–Crippen MR) is 69.9 cm³/mol. The van der Waals surface area contributed by atoms with E-state index >= 15 is 0 Å². The summed E-state index contributed by atoms with van der Waals surface area (Å²) in [5.41, 5.74) is 7.00. The van der Waals surface area contributed by atoms with E-state index in [9.17, 15) is 4.79 Å². The monoisotopic (exact) mass is 264 g/mol. The molecule has 6 heteroatoms. The van der Waals surface area contributed by atoms with Crippen LogP contribution in [-0.4, -0.2) is 15.7 Å². The third-order valence-electron chi connectivity index (χ3n) is 2.34. The summed E-state index contributed by atoms with van der Waals surface area (Å²) < 4.78 is 1.49. The molecule has 1 aromatic carbocycles. The Morgan fingerprint density at radius 2 is 2.33 bits per heavy atom. The molecule has 18 heavy (non-hydrogen) atoms. The Bertz CT molecular complexity index is 553. The molecule has 0 radical (unpaired) electrons. The van der Waals surface area contributed by atoms with Gasteiger partial charge >= 0.3 is 0 Å². The van der Waals surface area contributed by atoms with Crippen LogP contribution in [0.4, 0.5) is 5.69 Å². The van der Waals surface area contributed by atoms with Gasteiger partial charge in [0.05, 0.1) is 11.9 Å². The number of nitrogens with two attached hydrogens (primary N) is 1. The number of anilines is 1. The first-order valence-corrected chi connectivity index (χ1v) is 5.80. The van der Waals surface area contributed by atoms with Crippen molar-refractivity contribution >= 4 is 23.2 Å². The highest BCUT2D eigenvalue weighted by Gasteiger charge is 2.03. The van der Waals surface area contributed by atoms with Crippen molar-refractivity contribution in [1.82, 2.24) is 15.1 Å². The molecule has 0 unspecified atom stereocenters. The van der Waals surface area contributed by atoms with Gasteiger partial charge in [0, 0.05) is 17.8 Å². The number of hydrogen-bond acceptors (Lipinski definition) is 3. The molecule has 0 aliphatic rings. The molecular weight excluding hydrogens is 252 g/mol. The number of carbonyl (C=O) groups is 1. The Morgan fingerprint density at radius 1 is 1.50 bits per heavy atom. The second-order valence-corrected chi connectivity index (χ2v) is 4.31. The first kappa shape index (κ1) is 12.4. The molecule has 0 fully saturated rings. The van der Waals surface area contributed by atoms with E-state index in [0.717, 1.165) is 5.56 Å². The summed E-state index contributed by atoms with van der Waals surface area (Å²) in [6, 6.07) is 7.35. The van der Waals surface area contributed by atoms with Gasteiger partial charge in [-0.2, -0.15) is 5.10 Å². The van der Waals surface area contributed by atoms with Crippen molar-refractivity contribution in [1.29, 1.82) is 0 Å². The zero-order valence-electron chi connectivity index (χ0n) is 9.64. The highest BCUT2D eigenvalue weighted by Crippen LogP contribution is 2.10. The van der Waals surface area contributed by atoms with E-state index in [2.05, 4.69) is 10.4 Å². The maximum Gasteiger partial charge on any atom is 0.241 e. The second-order valence-electron chi connectivity index (χ2n) is 3.88. The molecule has 1 amide bonds. The molecule has 2 aromatic rings. The lowest BCUT2D eigenvalue weighted by Crippen LogP contribution is -2.27. The molecule has 3 N–H and O–H groups in total. The molecule has 0 spiro atoms. The van der Waals surface area contributed by atoms with Crippen LogP contribution in [0.25, 0.3) is 0 Å². The number of benzene rings is 1. The van der Waals surface area contributed by atoms with Crippen molar-refractivity contribution in [2.24, 2.45) is 0 Å². The summed E-state index contributed by atoms with van der Waals surface area (Å²) in [7, 11) is 0. The van der Waals surface area contributed by atoms with E-state index in [0.29, 0.717) is 17.3 Å². The van der Waals surface area contributed by atoms with E-state index < -0.39 is 0 Å². The van der Waals surface area contributed by atoms with Gasteiger partial charge in [-0.05, 0) is 17.7 Å². The van der Waals surface area contributed by atoms with Crippen LogP contribution in [0.2, 0.25) is 5.02 Å². The van der Waals surface area contributed by atoms with Crippen molar-refractivity contribution in [2.75, 3.05) is 5.73 Å². The van der Waals surface area contributed by atoms with Crippen molar-refractivity contribution in [3.63, 3.8) is 0 Å². The zero-order chi connectivity index (χ0) is 13.0. The number of halogens is 1. The summed E-state index contributed by atoms with van der Waals surface area (Å²) in [6.45, 7) is 0.591. The number of hydrogen-bond donors (Lipinski definition) is 2.